The van der Waals surface area contributed by atoms with Crippen molar-refractivity contribution in [3.63, 3.8) is 0 Å². The molecule has 0 radical (unpaired) electrons. The quantitative estimate of drug-likeness (QED) is 0.865. The van der Waals surface area contributed by atoms with Gasteiger partial charge in [0.15, 0.2) is 0 Å². The molecule has 0 bridgehead atoms. The van der Waals surface area contributed by atoms with E-state index in [4.69, 9.17) is 5.73 Å². The first kappa shape index (κ1) is 15.3. The number of nitrogens with two attached hydrogens (primary N) is 1. The molecule has 0 unspecified atom stereocenters. The zero-order chi connectivity index (χ0) is 11.4. The van der Waals surface area contributed by atoms with Gasteiger partial charge in [0.1, 0.15) is 0 Å². The van der Waals surface area contributed by atoms with Crippen molar-refractivity contribution in [1.29, 1.82) is 0 Å². The van der Waals surface area contributed by atoms with Gasteiger partial charge in [-0.15, -0.1) is 23.7 Å². The SMILES string of the molecule is Cc1ncc(CNC(=O)[C@H](N)C(C)C)s1.Cl. The summed E-state index contributed by atoms with van der Waals surface area (Å²) in [5.74, 6) is 0.0595. The molecule has 0 fully saturated rings. The van der Waals surface area contributed by atoms with Crippen molar-refractivity contribution in [2.24, 2.45) is 11.7 Å². The van der Waals surface area contributed by atoms with Gasteiger partial charge >= 0.3 is 0 Å². The van der Waals surface area contributed by atoms with Gasteiger partial charge in [-0.05, 0) is 12.8 Å². The van der Waals surface area contributed by atoms with Crippen molar-refractivity contribution in [2.75, 3.05) is 0 Å². The maximum Gasteiger partial charge on any atom is 0.237 e. The molecule has 1 rings (SSSR count). The number of aromatic nitrogens is 1. The van der Waals surface area contributed by atoms with Crippen LogP contribution in [0.4, 0.5) is 0 Å². The van der Waals surface area contributed by atoms with Crippen molar-refractivity contribution in [2.45, 2.75) is 33.4 Å². The standard InChI is InChI=1S/C10H17N3OS.ClH/c1-6(2)9(11)10(14)13-5-8-4-12-7(3)15-8;/h4,6,9H,5,11H2,1-3H3,(H,13,14);1H/t9-;/m1./s1. The molecule has 16 heavy (non-hydrogen) atoms. The van der Waals surface area contributed by atoms with Gasteiger partial charge in [-0.3, -0.25) is 4.79 Å². The largest absolute Gasteiger partial charge is 0.350 e. The highest BCUT2D eigenvalue weighted by atomic mass is 35.5. The summed E-state index contributed by atoms with van der Waals surface area (Å²) in [6, 6.07) is -0.431. The topological polar surface area (TPSA) is 68.0 Å². The summed E-state index contributed by atoms with van der Waals surface area (Å²) in [5.41, 5.74) is 5.71. The predicted molar refractivity (Wildman–Crippen MR) is 68.8 cm³/mol. The maximum atomic E-state index is 11.5. The molecule has 0 aromatic carbocycles. The summed E-state index contributed by atoms with van der Waals surface area (Å²) in [6.45, 7) is 6.32. The molecular formula is C10H18ClN3OS. The number of nitrogens with zero attached hydrogens (tertiary/aromatic N) is 1. The van der Waals surface area contributed by atoms with E-state index in [1.54, 1.807) is 17.5 Å². The van der Waals surface area contributed by atoms with Gasteiger partial charge in [-0.2, -0.15) is 0 Å². The fourth-order valence-electron chi connectivity index (χ4n) is 1.08. The molecule has 0 saturated carbocycles. The Morgan fingerprint density at radius 1 is 1.62 bits per heavy atom. The van der Waals surface area contributed by atoms with Gasteiger partial charge in [0.05, 0.1) is 17.6 Å². The van der Waals surface area contributed by atoms with E-state index < -0.39 is 6.04 Å². The number of hydrogen-bond acceptors (Lipinski definition) is 4. The van der Waals surface area contributed by atoms with Gasteiger partial charge in [0, 0.05) is 11.1 Å². The van der Waals surface area contributed by atoms with E-state index in [-0.39, 0.29) is 24.2 Å². The third-order valence-electron chi connectivity index (χ3n) is 2.13. The average molecular weight is 264 g/mol. The van der Waals surface area contributed by atoms with E-state index in [1.807, 2.05) is 20.8 Å². The Morgan fingerprint density at radius 2 is 2.25 bits per heavy atom. The van der Waals surface area contributed by atoms with E-state index in [1.165, 1.54) is 0 Å². The second-order valence-corrected chi connectivity index (χ2v) is 5.15. The molecule has 3 N–H and O–H groups in total. The smallest absolute Gasteiger partial charge is 0.237 e. The second kappa shape index (κ2) is 6.83. The number of thiazole rings is 1. The minimum absolute atomic E-state index is 0. The molecular weight excluding hydrogens is 246 g/mol. The third-order valence-corrected chi connectivity index (χ3v) is 3.04. The summed E-state index contributed by atoms with van der Waals surface area (Å²) in [7, 11) is 0. The van der Waals surface area contributed by atoms with Crippen LogP contribution in [-0.4, -0.2) is 16.9 Å². The van der Waals surface area contributed by atoms with E-state index in [2.05, 4.69) is 10.3 Å². The molecule has 4 nitrogen and oxygen atoms in total. The number of nitrogens with one attached hydrogen (secondary N) is 1. The van der Waals surface area contributed by atoms with Crippen LogP contribution >= 0.6 is 23.7 Å². The summed E-state index contributed by atoms with van der Waals surface area (Å²) >= 11 is 1.58. The molecule has 1 heterocycles. The van der Waals surface area contributed by atoms with Crippen LogP contribution in [0.25, 0.3) is 0 Å². The highest BCUT2D eigenvalue weighted by Crippen LogP contribution is 2.10. The molecule has 1 atom stereocenters. The van der Waals surface area contributed by atoms with Gasteiger partial charge in [0.25, 0.3) is 0 Å². The highest BCUT2D eigenvalue weighted by molar-refractivity contribution is 7.11. The molecule has 0 aliphatic heterocycles. The minimum atomic E-state index is -0.431. The molecule has 1 amide bonds. The van der Waals surface area contributed by atoms with Crippen molar-refractivity contribution in [3.8, 4) is 0 Å². The number of aryl methyl sites for hydroxylation is 1. The lowest BCUT2D eigenvalue weighted by molar-refractivity contribution is -0.123. The molecule has 0 spiro atoms. The zero-order valence-electron chi connectivity index (χ0n) is 9.69. The Labute approximate surface area is 106 Å². The number of amides is 1. The van der Waals surface area contributed by atoms with Crippen molar-refractivity contribution in [3.05, 3.63) is 16.1 Å². The maximum absolute atomic E-state index is 11.5. The zero-order valence-corrected chi connectivity index (χ0v) is 11.3. The first-order chi connectivity index (χ1) is 7.00. The van der Waals surface area contributed by atoms with Gasteiger partial charge in [-0.25, -0.2) is 4.98 Å². The van der Waals surface area contributed by atoms with Crippen molar-refractivity contribution in [1.82, 2.24) is 10.3 Å². The van der Waals surface area contributed by atoms with Crippen LogP contribution < -0.4 is 11.1 Å². The lowest BCUT2D eigenvalue weighted by atomic mass is 10.1. The first-order valence-corrected chi connectivity index (χ1v) is 5.77. The van der Waals surface area contributed by atoms with E-state index in [0.717, 1.165) is 9.88 Å². The van der Waals surface area contributed by atoms with Crippen molar-refractivity contribution < 1.29 is 4.79 Å². The van der Waals surface area contributed by atoms with E-state index in [0.29, 0.717) is 6.54 Å². The minimum Gasteiger partial charge on any atom is -0.350 e. The predicted octanol–water partition coefficient (Wildman–Crippen LogP) is 1.47. The molecule has 92 valence electrons. The van der Waals surface area contributed by atoms with E-state index >= 15 is 0 Å². The summed E-state index contributed by atoms with van der Waals surface area (Å²) in [5, 5.41) is 3.81. The Balaban J connectivity index is 0.00000225. The molecule has 1 aromatic heterocycles. The third kappa shape index (κ3) is 4.47. The second-order valence-electron chi connectivity index (χ2n) is 3.83. The van der Waals surface area contributed by atoms with Crippen LogP contribution in [0.1, 0.15) is 23.7 Å². The van der Waals surface area contributed by atoms with Crippen LogP contribution in [0.5, 0.6) is 0 Å². The Kier molecular flexibility index (Phi) is 6.55. The van der Waals surface area contributed by atoms with Crippen LogP contribution in [0.2, 0.25) is 0 Å². The number of hydrogen-bond donors (Lipinski definition) is 2. The van der Waals surface area contributed by atoms with Crippen LogP contribution in [-0.2, 0) is 11.3 Å². The fourth-order valence-corrected chi connectivity index (χ4v) is 1.82. The monoisotopic (exact) mass is 263 g/mol. The number of halogens is 1. The van der Waals surface area contributed by atoms with E-state index in [9.17, 15) is 4.79 Å². The molecule has 0 aliphatic carbocycles. The average Bonchev–Trinajstić information content (AvgIpc) is 2.59. The lowest BCUT2D eigenvalue weighted by Crippen LogP contribution is -2.43. The van der Waals surface area contributed by atoms with Crippen LogP contribution in [0.15, 0.2) is 6.20 Å². The molecule has 0 aliphatic rings. The molecule has 0 saturated heterocycles. The number of rotatable bonds is 4. The highest BCUT2D eigenvalue weighted by Gasteiger charge is 2.16. The van der Waals surface area contributed by atoms with Gasteiger partial charge in [0.2, 0.25) is 5.91 Å². The Morgan fingerprint density at radius 3 is 2.69 bits per heavy atom. The molecule has 1 aromatic rings. The normalized spacial score (nSPS) is 12.1. The van der Waals surface area contributed by atoms with Crippen LogP contribution in [0.3, 0.4) is 0 Å². The number of carbonyl (C=O) groups excluding carboxylic acids is 1. The fraction of sp³-hybridized carbons (Fsp3) is 0.600. The summed E-state index contributed by atoms with van der Waals surface area (Å²) < 4.78 is 0. The van der Waals surface area contributed by atoms with Crippen LogP contribution in [0, 0.1) is 12.8 Å². The number of carbonyl (C=O) groups is 1. The lowest BCUT2D eigenvalue weighted by Gasteiger charge is -2.14. The first-order valence-electron chi connectivity index (χ1n) is 4.95. The summed E-state index contributed by atoms with van der Waals surface area (Å²) in [4.78, 5) is 16.7. The van der Waals surface area contributed by atoms with Gasteiger partial charge < -0.3 is 11.1 Å². The van der Waals surface area contributed by atoms with Crippen molar-refractivity contribution >= 4 is 29.7 Å². The Bertz CT molecular complexity index is 341. The molecule has 6 heteroatoms. The summed E-state index contributed by atoms with van der Waals surface area (Å²) in [6.07, 6.45) is 1.78. The van der Waals surface area contributed by atoms with Gasteiger partial charge in [-0.1, -0.05) is 13.8 Å². The Hall–Kier alpha value is -0.650.